The number of benzene rings is 2. The molecule has 1 fully saturated rings. The van der Waals surface area contributed by atoms with Crippen LogP contribution in [0.3, 0.4) is 0 Å². The van der Waals surface area contributed by atoms with Crippen LogP contribution in [0, 0.1) is 11.8 Å². The van der Waals surface area contributed by atoms with Gasteiger partial charge in [-0.3, -0.25) is 4.79 Å². The highest BCUT2D eigenvalue weighted by Crippen LogP contribution is 2.46. The van der Waals surface area contributed by atoms with Crippen LogP contribution < -0.4 is 0 Å². The van der Waals surface area contributed by atoms with Crippen molar-refractivity contribution >= 4 is 34.6 Å². The smallest absolute Gasteiger partial charge is 0.169 e. The van der Waals surface area contributed by atoms with Crippen molar-refractivity contribution in [1.29, 1.82) is 0 Å². The molecule has 2 aromatic carbocycles. The third kappa shape index (κ3) is 2.86. The van der Waals surface area contributed by atoms with Gasteiger partial charge < -0.3 is 5.11 Å². The van der Waals surface area contributed by atoms with E-state index in [4.69, 9.17) is 23.2 Å². The fourth-order valence-corrected chi connectivity index (χ4v) is 4.80. The summed E-state index contributed by atoms with van der Waals surface area (Å²) in [5.41, 5.74) is 4.22. The number of aliphatic hydroxyl groups is 1. The molecule has 4 heteroatoms. The Morgan fingerprint density at radius 1 is 1.04 bits per heavy atom. The van der Waals surface area contributed by atoms with E-state index in [0.717, 1.165) is 47.9 Å². The first-order valence-corrected chi connectivity index (χ1v) is 9.81. The van der Waals surface area contributed by atoms with Crippen LogP contribution in [0.25, 0.3) is 16.7 Å². The molecular weight excluding hydrogens is 367 g/mol. The molecule has 2 aliphatic rings. The Kier molecular flexibility index (Phi) is 4.58. The van der Waals surface area contributed by atoms with Crippen molar-refractivity contribution in [2.24, 2.45) is 11.8 Å². The number of fused-ring (bicyclic) bond motifs is 2. The number of Topliss-reactive ketones (excluding diaryl/α,β-unsaturated/α-hetero) is 1. The van der Waals surface area contributed by atoms with Crippen LogP contribution in [-0.2, 0) is 11.2 Å². The van der Waals surface area contributed by atoms with E-state index in [1.54, 1.807) is 12.1 Å². The molecule has 26 heavy (non-hydrogen) atoms. The van der Waals surface area contributed by atoms with Crippen molar-refractivity contribution in [1.82, 2.24) is 0 Å². The second kappa shape index (κ2) is 6.75. The van der Waals surface area contributed by atoms with Gasteiger partial charge in [0.05, 0.1) is 5.57 Å². The number of allylic oxidation sites excluding steroid dienone is 2. The maximum absolute atomic E-state index is 13.0. The van der Waals surface area contributed by atoms with Gasteiger partial charge in [-0.05, 0) is 60.6 Å². The lowest BCUT2D eigenvalue weighted by molar-refractivity contribution is -0.117. The predicted molar refractivity (Wildman–Crippen MR) is 107 cm³/mol. The topological polar surface area (TPSA) is 37.3 Å². The molecule has 2 atom stereocenters. The molecule has 2 aromatic rings. The summed E-state index contributed by atoms with van der Waals surface area (Å²) in [4.78, 5) is 13.0. The summed E-state index contributed by atoms with van der Waals surface area (Å²) < 4.78 is 0. The highest BCUT2D eigenvalue weighted by molar-refractivity contribution is 6.36. The predicted octanol–water partition coefficient (Wildman–Crippen LogP) is 6.49. The largest absolute Gasteiger partial charge is 0.511 e. The Labute approximate surface area is 163 Å². The molecule has 1 N–H and O–H groups in total. The monoisotopic (exact) mass is 386 g/mol. The van der Waals surface area contributed by atoms with E-state index in [1.807, 2.05) is 24.3 Å². The summed E-state index contributed by atoms with van der Waals surface area (Å²) in [5.74, 6) is 0.543. The molecule has 4 rings (SSSR count). The summed E-state index contributed by atoms with van der Waals surface area (Å²) in [6.45, 7) is 2.06. The first-order valence-electron chi connectivity index (χ1n) is 9.05. The summed E-state index contributed by atoms with van der Waals surface area (Å²) >= 11 is 12.4. The van der Waals surface area contributed by atoms with E-state index in [-0.39, 0.29) is 23.4 Å². The third-order valence-corrected chi connectivity index (χ3v) is 6.24. The lowest BCUT2D eigenvalue weighted by Gasteiger charge is -2.23. The Bertz CT molecular complexity index is 930. The van der Waals surface area contributed by atoms with Crippen LogP contribution >= 0.6 is 23.2 Å². The van der Waals surface area contributed by atoms with E-state index in [2.05, 4.69) is 6.92 Å². The zero-order valence-electron chi connectivity index (χ0n) is 14.6. The van der Waals surface area contributed by atoms with Gasteiger partial charge in [-0.2, -0.15) is 0 Å². The van der Waals surface area contributed by atoms with Crippen molar-refractivity contribution in [2.75, 3.05) is 0 Å². The average Bonchev–Trinajstić information content (AvgIpc) is 3.07. The molecule has 0 spiro atoms. The first kappa shape index (κ1) is 17.6. The minimum absolute atomic E-state index is 0.0541. The zero-order valence-corrected chi connectivity index (χ0v) is 16.1. The number of hydrogen-bond acceptors (Lipinski definition) is 2. The Hall–Kier alpha value is -1.77. The molecule has 0 radical (unpaired) electrons. The van der Waals surface area contributed by atoms with Gasteiger partial charge in [0.25, 0.3) is 0 Å². The third-order valence-electron chi connectivity index (χ3n) is 5.69. The number of aryl methyl sites for hydroxylation is 1. The highest BCUT2D eigenvalue weighted by atomic mass is 35.5. The van der Waals surface area contributed by atoms with Crippen LogP contribution in [0.15, 0.2) is 42.2 Å². The zero-order chi connectivity index (χ0) is 18.4. The Morgan fingerprint density at radius 3 is 2.54 bits per heavy atom. The fraction of sp³-hybridized carbons (Fsp3) is 0.318. The highest BCUT2D eigenvalue weighted by Gasteiger charge is 2.41. The van der Waals surface area contributed by atoms with Crippen LogP contribution in [0.5, 0.6) is 0 Å². The number of carbonyl (C=O) groups excluding carboxylic acids is 1. The molecule has 0 aliphatic heterocycles. The van der Waals surface area contributed by atoms with E-state index in [1.165, 1.54) is 0 Å². The number of aliphatic hydroxyl groups excluding tert-OH is 1. The van der Waals surface area contributed by atoms with Gasteiger partial charge >= 0.3 is 0 Å². The van der Waals surface area contributed by atoms with Crippen molar-refractivity contribution in [2.45, 2.75) is 32.6 Å². The number of ketones is 1. The van der Waals surface area contributed by atoms with Crippen LogP contribution in [0.2, 0.25) is 10.0 Å². The molecule has 0 unspecified atom stereocenters. The normalized spacial score (nSPS) is 22.2. The molecule has 0 heterocycles. The summed E-state index contributed by atoms with van der Waals surface area (Å²) in [7, 11) is 0. The van der Waals surface area contributed by atoms with Crippen LogP contribution in [0.4, 0.5) is 0 Å². The molecule has 2 bridgehead atoms. The molecule has 0 aromatic heterocycles. The van der Waals surface area contributed by atoms with Gasteiger partial charge in [-0.1, -0.05) is 48.3 Å². The minimum Gasteiger partial charge on any atom is -0.511 e. The molecule has 2 aliphatic carbocycles. The maximum atomic E-state index is 13.0. The maximum Gasteiger partial charge on any atom is 0.169 e. The molecular formula is C22H20Cl2O2. The van der Waals surface area contributed by atoms with Gasteiger partial charge in [0.1, 0.15) is 5.76 Å². The standard InChI is InChI=1S/C22H20Cl2O2/c1-2-12-3-4-13(17-8-7-16(23)11-19(17)24)10-18(12)20-21(25)14-5-6-15(9-14)22(20)26/h3-4,7-8,10-11,14-15,25H,2,5-6,9H2,1H3/t14-,15+/m0/s1. The van der Waals surface area contributed by atoms with Gasteiger partial charge in [0.2, 0.25) is 0 Å². The van der Waals surface area contributed by atoms with E-state index >= 15 is 0 Å². The number of hydrogen-bond donors (Lipinski definition) is 1. The molecule has 1 saturated carbocycles. The van der Waals surface area contributed by atoms with Crippen LogP contribution in [-0.4, -0.2) is 10.9 Å². The summed E-state index contributed by atoms with van der Waals surface area (Å²) in [6.07, 6.45) is 3.36. The molecule has 0 amide bonds. The molecule has 0 saturated heterocycles. The van der Waals surface area contributed by atoms with Crippen molar-refractivity contribution < 1.29 is 9.90 Å². The second-order valence-corrected chi connectivity index (χ2v) is 8.02. The number of rotatable bonds is 3. The van der Waals surface area contributed by atoms with E-state index < -0.39 is 0 Å². The minimum atomic E-state index is 0.0541. The average molecular weight is 387 g/mol. The van der Waals surface area contributed by atoms with Gasteiger partial charge in [0.15, 0.2) is 5.78 Å². The van der Waals surface area contributed by atoms with Crippen molar-refractivity contribution in [3.05, 3.63) is 63.3 Å². The Morgan fingerprint density at radius 2 is 1.81 bits per heavy atom. The summed E-state index contributed by atoms with van der Waals surface area (Å²) in [5, 5.41) is 11.9. The van der Waals surface area contributed by atoms with Crippen molar-refractivity contribution in [3.8, 4) is 11.1 Å². The Balaban J connectivity index is 1.88. The lowest BCUT2D eigenvalue weighted by atomic mass is 9.81. The number of carbonyl (C=O) groups is 1. The molecule has 134 valence electrons. The van der Waals surface area contributed by atoms with Gasteiger partial charge in [0, 0.05) is 27.4 Å². The SMILES string of the molecule is CCc1ccc(-c2ccc(Cl)cc2Cl)cc1C1=C(O)[C@H]2CC[C@H](C2)C1=O. The lowest BCUT2D eigenvalue weighted by Crippen LogP contribution is -2.22. The second-order valence-electron chi connectivity index (χ2n) is 7.18. The van der Waals surface area contributed by atoms with E-state index in [9.17, 15) is 9.90 Å². The first-order chi connectivity index (χ1) is 12.5. The van der Waals surface area contributed by atoms with Gasteiger partial charge in [-0.25, -0.2) is 0 Å². The number of halogens is 2. The molecule has 2 nitrogen and oxygen atoms in total. The quantitative estimate of drug-likeness (QED) is 0.654. The van der Waals surface area contributed by atoms with Crippen molar-refractivity contribution in [3.63, 3.8) is 0 Å². The fourth-order valence-electron chi connectivity index (χ4n) is 4.28. The van der Waals surface area contributed by atoms with Gasteiger partial charge in [-0.15, -0.1) is 0 Å². The van der Waals surface area contributed by atoms with E-state index in [0.29, 0.717) is 15.6 Å². The van der Waals surface area contributed by atoms with Crippen LogP contribution in [0.1, 0.15) is 37.3 Å². The summed E-state index contributed by atoms with van der Waals surface area (Å²) in [6, 6.07) is 11.4.